The van der Waals surface area contributed by atoms with E-state index in [1.165, 1.54) is 23.5 Å². The standard InChI is InChI=1S/C27H30F2N8S/c1-4-22-26(34(3)27-33-24(23(16-30)38-27)18-5-7-19(28)8-6-18)37-17-20(15-21(29)25(37)32-22)36-13-11-35(12-14-36)10-9-31-2/h5-8,15,17,31H,4,9-14H2,1-3H3. The van der Waals surface area contributed by atoms with Crippen molar-refractivity contribution in [2.24, 2.45) is 0 Å². The Balaban J connectivity index is 1.51. The Labute approximate surface area is 224 Å². The van der Waals surface area contributed by atoms with Crippen molar-refractivity contribution in [1.82, 2.24) is 24.6 Å². The summed E-state index contributed by atoms with van der Waals surface area (Å²) in [6.07, 6.45) is 2.54. The number of pyridine rings is 1. The second-order valence-corrected chi connectivity index (χ2v) is 10.2. The summed E-state index contributed by atoms with van der Waals surface area (Å²) in [5, 5.41) is 13.5. The largest absolute Gasteiger partial charge is 0.368 e. The number of hydrogen-bond donors (Lipinski definition) is 1. The van der Waals surface area contributed by atoms with Crippen LogP contribution in [-0.4, -0.2) is 72.6 Å². The van der Waals surface area contributed by atoms with Gasteiger partial charge in [-0.2, -0.15) is 5.26 Å². The summed E-state index contributed by atoms with van der Waals surface area (Å²) >= 11 is 1.24. The first-order chi connectivity index (χ1) is 18.4. The summed E-state index contributed by atoms with van der Waals surface area (Å²) in [7, 11) is 3.80. The van der Waals surface area contributed by atoms with E-state index in [9.17, 15) is 9.65 Å². The molecule has 0 radical (unpaired) electrons. The van der Waals surface area contributed by atoms with Crippen LogP contribution in [0.3, 0.4) is 0 Å². The molecule has 0 saturated carbocycles. The fourth-order valence-electron chi connectivity index (χ4n) is 4.81. The summed E-state index contributed by atoms with van der Waals surface area (Å²) in [5.41, 5.74) is 2.96. The number of imidazole rings is 1. The molecule has 0 unspecified atom stereocenters. The minimum absolute atomic E-state index is 0.260. The molecule has 0 atom stereocenters. The molecule has 5 rings (SSSR count). The molecule has 38 heavy (non-hydrogen) atoms. The molecular formula is C27H30F2N8S. The second-order valence-electron chi connectivity index (χ2n) is 9.26. The van der Waals surface area contributed by atoms with Crippen molar-refractivity contribution in [3.8, 4) is 17.3 Å². The summed E-state index contributed by atoms with van der Waals surface area (Å²) in [5.74, 6) is -0.0199. The van der Waals surface area contributed by atoms with Gasteiger partial charge in [-0.15, -0.1) is 0 Å². The van der Waals surface area contributed by atoms with Gasteiger partial charge in [-0.1, -0.05) is 18.3 Å². The Hall–Kier alpha value is -3.59. The molecule has 1 aromatic carbocycles. The molecule has 3 aromatic heterocycles. The highest BCUT2D eigenvalue weighted by Crippen LogP contribution is 2.37. The Bertz CT molecular complexity index is 1470. The number of nitrogens with one attached hydrogen (secondary N) is 1. The van der Waals surface area contributed by atoms with Crippen LogP contribution in [0.1, 0.15) is 17.5 Å². The van der Waals surface area contributed by atoms with Gasteiger partial charge in [-0.3, -0.25) is 9.30 Å². The number of rotatable bonds is 8. The van der Waals surface area contributed by atoms with E-state index in [0.29, 0.717) is 33.5 Å². The van der Waals surface area contributed by atoms with Gasteiger partial charge in [0.2, 0.25) is 0 Å². The van der Waals surface area contributed by atoms with Gasteiger partial charge in [0.1, 0.15) is 28.3 Å². The van der Waals surface area contributed by atoms with Crippen LogP contribution in [0.4, 0.5) is 25.4 Å². The number of fused-ring (bicyclic) bond motifs is 1. The molecule has 0 aliphatic carbocycles. The average molecular weight is 537 g/mol. The number of benzene rings is 1. The highest BCUT2D eigenvalue weighted by molar-refractivity contribution is 7.16. The highest BCUT2D eigenvalue weighted by Gasteiger charge is 2.25. The lowest BCUT2D eigenvalue weighted by Gasteiger charge is -2.36. The lowest BCUT2D eigenvalue weighted by Crippen LogP contribution is -2.48. The Morgan fingerprint density at radius 3 is 2.53 bits per heavy atom. The minimum Gasteiger partial charge on any atom is -0.368 e. The molecule has 198 valence electrons. The maximum Gasteiger partial charge on any atom is 0.192 e. The van der Waals surface area contributed by atoms with E-state index in [1.807, 2.05) is 32.1 Å². The number of nitrogens with zero attached hydrogens (tertiary/aromatic N) is 7. The van der Waals surface area contributed by atoms with Crippen molar-refractivity contribution in [2.45, 2.75) is 13.3 Å². The monoisotopic (exact) mass is 536 g/mol. The topological polar surface area (TPSA) is 75.7 Å². The van der Waals surface area contributed by atoms with Crippen LogP contribution in [-0.2, 0) is 6.42 Å². The number of halogens is 2. The Morgan fingerprint density at radius 2 is 1.87 bits per heavy atom. The first-order valence-electron chi connectivity index (χ1n) is 12.7. The number of hydrogen-bond acceptors (Lipinski definition) is 8. The SMILES string of the molecule is CCc1nc2c(F)cc(N3CCN(CCNC)CC3)cn2c1N(C)c1nc(-c2ccc(F)cc2)c(C#N)s1. The zero-order chi connectivity index (χ0) is 26.8. The normalized spacial score (nSPS) is 14.3. The number of aryl methyl sites for hydroxylation is 1. The summed E-state index contributed by atoms with van der Waals surface area (Å²) in [6.45, 7) is 7.38. The van der Waals surface area contributed by atoms with E-state index in [0.717, 1.165) is 50.6 Å². The molecule has 0 amide bonds. The second kappa shape index (κ2) is 11.0. The van der Waals surface area contributed by atoms with Gasteiger partial charge in [0.25, 0.3) is 0 Å². The zero-order valence-electron chi connectivity index (χ0n) is 21.7. The van der Waals surface area contributed by atoms with Crippen LogP contribution < -0.4 is 15.1 Å². The lowest BCUT2D eigenvalue weighted by molar-refractivity contribution is 0.259. The third-order valence-corrected chi connectivity index (χ3v) is 7.93. The molecule has 1 fully saturated rings. The number of aromatic nitrogens is 3. The molecule has 0 bridgehead atoms. The van der Waals surface area contributed by atoms with E-state index in [2.05, 4.69) is 26.2 Å². The summed E-state index contributed by atoms with van der Waals surface area (Å²) < 4.78 is 30.6. The summed E-state index contributed by atoms with van der Waals surface area (Å²) in [4.78, 5) is 16.2. The summed E-state index contributed by atoms with van der Waals surface area (Å²) in [6, 6.07) is 9.70. The molecule has 1 aliphatic rings. The Morgan fingerprint density at radius 1 is 1.13 bits per heavy atom. The highest BCUT2D eigenvalue weighted by atomic mass is 32.1. The maximum atomic E-state index is 15.4. The van der Waals surface area contributed by atoms with Crippen LogP contribution in [0.2, 0.25) is 0 Å². The molecule has 4 heterocycles. The fraction of sp³-hybridized carbons (Fsp3) is 0.370. The van der Waals surface area contributed by atoms with E-state index >= 15 is 4.39 Å². The van der Waals surface area contributed by atoms with E-state index in [4.69, 9.17) is 4.98 Å². The number of thiazole rings is 1. The minimum atomic E-state index is -0.377. The Kier molecular flexibility index (Phi) is 7.56. The van der Waals surface area contributed by atoms with Crippen molar-refractivity contribution < 1.29 is 8.78 Å². The van der Waals surface area contributed by atoms with Gasteiger partial charge in [0.15, 0.2) is 16.6 Å². The molecule has 1 aliphatic heterocycles. The predicted molar refractivity (Wildman–Crippen MR) is 147 cm³/mol. The predicted octanol–water partition coefficient (Wildman–Crippen LogP) is 4.28. The van der Waals surface area contributed by atoms with Gasteiger partial charge >= 0.3 is 0 Å². The van der Waals surface area contributed by atoms with Crippen molar-refractivity contribution in [3.05, 3.63) is 58.7 Å². The van der Waals surface area contributed by atoms with Crippen LogP contribution >= 0.6 is 11.3 Å². The van der Waals surface area contributed by atoms with E-state index < -0.39 is 0 Å². The zero-order valence-corrected chi connectivity index (χ0v) is 22.5. The van der Waals surface area contributed by atoms with Crippen LogP contribution in [0, 0.1) is 23.0 Å². The molecular weight excluding hydrogens is 506 g/mol. The molecule has 1 saturated heterocycles. The number of anilines is 3. The molecule has 4 aromatic rings. The third kappa shape index (κ3) is 4.95. The smallest absolute Gasteiger partial charge is 0.192 e. The van der Waals surface area contributed by atoms with Gasteiger partial charge in [-0.05, 0) is 37.7 Å². The van der Waals surface area contributed by atoms with Crippen molar-refractivity contribution >= 4 is 33.6 Å². The molecule has 11 heteroatoms. The number of nitriles is 1. The van der Waals surface area contributed by atoms with Crippen LogP contribution in [0.5, 0.6) is 0 Å². The average Bonchev–Trinajstić information content (AvgIpc) is 3.54. The lowest BCUT2D eigenvalue weighted by atomic mass is 10.1. The molecule has 1 N–H and O–H groups in total. The quantitative estimate of drug-likeness (QED) is 0.360. The third-order valence-electron chi connectivity index (χ3n) is 6.90. The maximum absolute atomic E-state index is 15.4. The first kappa shape index (κ1) is 26.0. The van der Waals surface area contributed by atoms with Gasteiger partial charge in [0.05, 0.1) is 11.4 Å². The van der Waals surface area contributed by atoms with Crippen LogP contribution in [0.15, 0.2) is 36.5 Å². The first-order valence-corrected chi connectivity index (χ1v) is 13.5. The van der Waals surface area contributed by atoms with Gasteiger partial charge in [-0.25, -0.2) is 18.7 Å². The number of likely N-dealkylation sites (N-methyl/N-ethyl adjacent to an activating group) is 1. The van der Waals surface area contributed by atoms with Crippen molar-refractivity contribution in [1.29, 1.82) is 5.26 Å². The molecule has 0 spiro atoms. The van der Waals surface area contributed by atoms with Crippen molar-refractivity contribution in [2.75, 3.05) is 63.2 Å². The van der Waals surface area contributed by atoms with Gasteiger partial charge < -0.3 is 15.1 Å². The molecule has 8 nitrogen and oxygen atoms in total. The van der Waals surface area contributed by atoms with E-state index in [1.54, 1.807) is 22.6 Å². The van der Waals surface area contributed by atoms with Crippen molar-refractivity contribution in [3.63, 3.8) is 0 Å². The number of piperazine rings is 1. The fourth-order valence-corrected chi connectivity index (χ4v) is 5.66. The van der Waals surface area contributed by atoms with E-state index in [-0.39, 0.29) is 17.3 Å². The van der Waals surface area contributed by atoms with Gasteiger partial charge in [0, 0.05) is 64.1 Å². The van der Waals surface area contributed by atoms with Crippen LogP contribution in [0.25, 0.3) is 16.9 Å².